The second kappa shape index (κ2) is 6.74. The molecule has 1 fully saturated rings. The summed E-state index contributed by atoms with van der Waals surface area (Å²) < 4.78 is 0. The standard InChI is InChI=1S/C10H12N2O2.C2H6/c1-3-5-8-7(4-2)9(13)12(6-11)10(8)14;1-2/h3-5H,1,6,11H2,2H3;1-2H3/b7-4+,8-5+;. The molecule has 0 unspecified atom stereocenters. The monoisotopic (exact) mass is 222 g/mol. The van der Waals surface area contributed by atoms with E-state index in [1.54, 1.807) is 13.0 Å². The first-order valence-electron chi connectivity index (χ1n) is 5.23. The molecular formula is C12H18N2O2. The molecule has 0 aromatic rings. The van der Waals surface area contributed by atoms with Gasteiger partial charge in [0.25, 0.3) is 11.8 Å². The number of hydrogen-bond donors (Lipinski definition) is 1. The molecule has 1 rings (SSSR count). The Bertz CT molecular complexity index is 354. The summed E-state index contributed by atoms with van der Waals surface area (Å²) in [7, 11) is 0. The molecule has 0 bridgehead atoms. The molecular weight excluding hydrogens is 204 g/mol. The number of nitrogens with two attached hydrogens (primary N) is 1. The summed E-state index contributed by atoms with van der Waals surface area (Å²) in [6.45, 7) is 9.10. The van der Waals surface area contributed by atoms with Crippen LogP contribution in [0.4, 0.5) is 0 Å². The average Bonchev–Trinajstić information content (AvgIpc) is 2.54. The number of carbonyl (C=O) groups excluding carboxylic acids is 2. The molecule has 16 heavy (non-hydrogen) atoms. The number of amides is 2. The molecule has 0 atom stereocenters. The van der Waals surface area contributed by atoms with Crippen LogP contribution in [0, 0.1) is 0 Å². The summed E-state index contributed by atoms with van der Waals surface area (Å²) in [6.07, 6.45) is 4.60. The van der Waals surface area contributed by atoms with Gasteiger partial charge in [0.1, 0.15) is 0 Å². The van der Waals surface area contributed by atoms with Crippen LogP contribution in [0.3, 0.4) is 0 Å². The third-order valence-electron chi connectivity index (χ3n) is 2.00. The first-order valence-corrected chi connectivity index (χ1v) is 5.23. The molecule has 1 aliphatic rings. The number of nitrogens with zero attached hydrogens (tertiary/aromatic N) is 1. The van der Waals surface area contributed by atoms with E-state index in [-0.39, 0.29) is 18.5 Å². The van der Waals surface area contributed by atoms with Crippen LogP contribution in [0.2, 0.25) is 0 Å². The highest BCUT2D eigenvalue weighted by Crippen LogP contribution is 2.23. The van der Waals surface area contributed by atoms with Crippen LogP contribution in [0.5, 0.6) is 0 Å². The molecule has 2 amide bonds. The van der Waals surface area contributed by atoms with E-state index in [0.29, 0.717) is 11.1 Å². The van der Waals surface area contributed by atoms with Crippen molar-refractivity contribution in [2.24, 2.45) is 5.73 Å². The molecule has 1 heterocycles. The molecule has 0 aromatic carbocycles. The molecule has 1 saturated heterocycles. The highest BCUT2D eigenvalue weighted by atomic mass is 16.2. The van der Waals surface area contributed by atoms with Crippen molar-refractivity contribution in [3.63, 3.8) is 0 Å². The fourth-order valence-electron chi connectivity index (χ4n) is 1.34. The summed E-state index contributed by atoms with van der Waals surface area (Å²) >= 11 is 0. The predicted octanol–water partition coefficient (Wildman–Crippen LogP) is 1.36. The maximum absolute atomic E-state index is 11.6. The number of likely N-dealkylation sites (tertiary alicyclic amines) is 1. The van der Waals surface area contributed by atoms with E-state index in [9.17, 15) is 9.59 Å². The van der Waals surface area contributed by atoms with Crippen molar-refractivity contribution >= 4 is 11.8 Å². The average molecular weight is 222 g/mol. The highest BCUT2D eigenvalue weighted by Gasteiger charge is 2.36. The molecule has 0 aromatic heterocycles. The molecule has 4 nitrogen and oxygen atoms in total. The zero-order valence-electron chi connectivity index (χ0n) is 9.99. The number of hydrogen-bond acceptors (Lipinski definition) is 3. The topological polar surface area (TPSA) is 63.4 Å². The van der Waals surface area contributed by atoms with Gasteiger partial charge in [-0.25, -0.2) is 0 Å². The minimum atomic E-state index is -0.356. The highest BCUT2D eigenvalue weighted by molar-refractivity contribution is 6.24. The smallest absolute Gasteiger partial charge is 0.262 e. The number of imide groups is 1. The van der Waals surface area contributed by atoms with Crippen molar-refractivity contribution in [1.29, 1.82) is 0 Å². The van der Waals surface area contributed by atoms with E-state index < -0.39 is 0 Å². The second-order valence-electron chi connectivity index (χ2n) is 2.74. The third kappa shape index (κ3) is 2.46. The van der Waals surface area contributed by atoms with E-state index in [1.165, 1.54) is 12.2 Å². The van der Waals surface area contributed by atoms with Crippen molar-refractivity contribution in [1.82, 2.24) is 4.90 Å². The lowest BCUT2D eigenvalue weighted by Gasteiger charge is -2.07. The largest absolute Gasteiger partial charge is 0.313 e. The molecule has 0 saturated carbocycles. The van der Waals surface area contributed by atoms with E-state index in [0.717, 1.165) is 4.90 Å². The first kappa shape index (κ1) is 14.3. The van der Waals surface area contributed by atoms with Crippen molar-refractivity contribution < 1.29 is 9.59 Å². The van der Waals surface area contributed by atoms with Gasteiger partial charge in [0.15, 0.2) is 0 Å². The second-order valence-corrected chi connectivity index (χ2v) is 2.74. The lowest BCUT2D eigenvalue weighted by molar-refractivity contribution is -0.136. The normalized spacial score (nSPS) is 20.1. The number of rotatable bonds is 2. The molecule has 88 valence electrons. The fraction of sp³-hybridized carbons (Fsp3) is 0.333. The minimum Gasteiger partial charge on any atom is -0.313 e. The van der Waals surface area contributed by atoms with Crippen molar-refractivity contribution in [2.75, 3.05) is 6.67 Å². The number of carbonyl (C=O) groups is 2. The Labute approximate surface area is 96.1 Å². The van der Waals surface area contributed by atoms with E-state index in [1.807, 2.05) is 13.8 Å². The van der Waals surface area contributed by atoms with E-state index in [2.05, 4.69) is 6.58 Å². The zero-order chi connectivity index (χ0) is 12.7. The summed E-state index contributed by atoms with van der Waals surface area (Å²) in [5.41, 5.74) is 6.04. The quantitative estimate of drug-likeness (QED) is 0.566. The van der Waals surface area contributed by atoms with E-state index in [4.69, 9.17) is 5.73 Å². The lowest BCUT2D eigenvalue weighted by Crippen LogP contribution is -2.34. The molecule has 2 N–H and O–H groups in total. The van der Waals surface area contributed by atoms with Gasteiger partial charge < -0.3 is 5.73 Å². The van der Waals surface area contributed by atoms with Gasteiger partial charge in [-0.15, -0.1) is 0 Å². The molecule has 4 heteroatoms. The van der Waals surface area contributed by atoms with Crippen LogP contribution in [0.1, 0.15) is 20.8 Å². The summed E-state index contributed by atoms with van der Waals surface area (Å²) in [5, 5.41) is 0. The maximum Gasteiger partial charge on any atom is 0.262 e. The molecule has 0 radical (unpaired) electrons. The Morgan fingerprint density at radius 2 is 1.75 bits per heavy atom. The van der Waals surface area contributed by atoms with Gasteiger partial charge in [-0.3, -0.25) is 14.5 Å². The van der Waals surface area contributed by atoms with Crippen LogP contribution in [0.25, 0.3) is 0 Å². The molecule has 0 spiro atoms. The molecule has 0 aliphatic carbocycles. The van der Waals surface area contributed by atoms with Gasteiger partial charge in [0.2, 0.25) is 0 Å². The van der Waals surface area contributed by atoms with Gasteiger partial charge in [-0.05, 0) is 13.0 Å². The van der Waals surface area contributed by atoms with Crippen LogP contribution in [-0.4, -0.2) is 23.4 Å². The van der Waals surface area contributed by atoms with Gasteiger partial charge in [0.05, 0.1) is 12.2 Å². The van der Waals surface area contributed by atoms with Crippen molar-refractivity contribution in [3.05, 3.63) is 36.0 Å². The zero-order valence-corrected chi connectivity index (χ0v) is 9.99. The van der Waals surface area contributed by atoms with Gasteiger partial charge >= 0.3 is 0 Å². The summed E-state index contributed by atoms with van der Waals surface area (Å²) in [4.78, 5) is 24.1. The van der Waals surface area contributed by atoms with Crippen LogP contribution in [0.15, 0.2) is 36.0 Å². The Hall–Kier alpha value is -1.68. The Kier molecular flexibility index (Phi) is 6.03. The SMILES string of the molecule is C=C/C=C1/C(=O)N(CN)C(=O)/C1=C/C.CC. The third-order valence-corrected chi connectivity index (χ3v) is 2.00. The van der Waals surface area contributed by atoms with Gasteiger partial charge in [0, 0.05) is 5.57 Å². The Morgan fingerprint density at radius 3 is 2.12 bits per heavy atom. The first-order chi connectivity index (χ1) is 7.67. The van der Waals surface area contributed by atoms with Crippen LogP contribution < -0.4 is 5.73 Å². The van der Waals surface area contributed by atoms with Gasteiger partial charge in [-0.1, -0.05) is 32.6 Å². The molecule has 1 aliphatic heterocycles. The minimum absolute atomic E-state index is 0.0938. The van der Waals surface area contributed by atoms with Crippen molar-refractivity contribution in [2.45, 2.75) is 20.8 Å². The van der Waals surface area contributed by atoms with Crippen LogP contribution >= 0.6 is 0 Å². The maximum atomic E-state index is 11.6. The lowest BCUT2D eigenvalue weighted by atomic mass is 10.1. The van der Waals surface area contributed by atoms with Gasteiger partial charge in [-0.2, -0.15) is 0 Å². The Morgan fingerprint density at radius 1 is 1.25 bits per heavy atom. The Balaban J connectivity index is 0.00000106. The fourth-order valence-corrected chi connectivity index (χ4v) is 1.34. The van der Waals surface area contributed by atoms with Crippen LogP contribution in [-0.2, 0) is 9.59 Å². The van der Waals surface area contributed by atoms with E-state index >= 15 is 0 Å². The number of allylic oxidation sites excluding steroid dienone is 3. The predicted molar refractivity (Wildman–Crippen MR) is 64.3 cm³/mol. The summed E-state index contributed by atoms with van der Waals surface area (Å²) in [6, 6.07) is 0. The summed E-state index contributed by atoms with van der Waals surface area (Å²) in [5.74, 6) is -0.696. The van der Waals surface area contributed by atoms with Crippen molar-refractivity contribution in [3.8, 4) is 0 Å².